The summed E-state index contributed by atoms with van der Waals surface area (Å²) in [7, 11) is -3.83. The van der Waals surface area contributed by atoms with Crippen LogP contribution in [0, 0.1) is 5.82 Å². The second kappa shape index (κ2) is 7.85. The Kier molecular flexibility index (Phi) is 6.09. The number of amides is 1. The summed E-state index contributed by atoms with van der Waals surface area (Å²) in [6.07, 6.45) is 1.87. The third-order valence-electron chi connectivity index (χ3n) is 3.67. The molecule has 8 heteroatoms. The molecule has 1 aromatic carbocycles. The van der Waals surface area contributed by atoms with Crippen molar-refractivity contribution in [1.29, 1.82) is 0 Å². The van der Waals surface area contributed by atoms with E-state index in [0.717, 1.165) is 29.3 Å². The highest BCUT2D eigenvalue weighted by molar-refractivity contribution is 7.89. The lowest BCUT2D eigenvalue weighted by Gasteiger charge is -2.20. The van der Waals surface area contributed by atoms with Gasteiger partial charge in [-0.15, -0.1) is 0 Å². The van der Waals surface area contributed by atoms with Crippen molar-refractivity contribution in [3.05, 3.63) is 30.1 Å². The van der Waals surface area contributed by atoms with E-state index in [9.17, 15) is 17.6 Å². The van der Waals surface area contributed by atoms with Gasteiger partial charge in [0.05, 0.1) is 17.5 Å². The van der Waals surface area contributed by atoms with Crippen molar-refractivity contribution in [1.82, 2.24) is 9.62 Å². The van der Waals surface area contributed by atoms with E-state index in [0.29, 0.717) is 13.2 Å². The summed E-state index contributed by atoms with van der Waals surface area (Å²) in [4.78, 5) is 11.9. The highest BCUT2D eigenvalue weighted by Crippen LogP contribution is 2.16. The van der Waals surface area contributed by atoms with E-state index in [1.54, 1.807) is 6.92 Å². The molecule has 2 rings (SSSR count). The molecule has 1 aliphatic rings. The van der Waals surface area contributed by atoms with Crippen molar-refractivity contribution in [2.45, 2.75) is 30.8 Å². The Morgan fingerprint density at radius 1 is 1.39 bits per heavy atom. The Hall–Kier alpha value is -1.51. The number of benzene rings is 1. The summed E-state index contributed by atoms with van der Waals surface area (Å²) in [6, 6.07) is 4.55. The van der Waals surface area contributed by atoms with Gasteiger partial charge in [0.2, 0.25) is 15.9 Å². The molecule has 1 N–H and O–H groups in total. The molecule has 6 nitrogen and oxygen atoms in total. The maximum absolute atomic E-state index is 12.9. The summed E-state index contributed by atoms with van der Waals surface area (Å²) >= 11 is 0. The molecule has 0 radical (unpaired) electrons. The standard InChI is InChI=1S/C15H21FN2O4S/c1-2-18(11-15(19)17-10-13-4-3-9-22-13)23(20,21)14-7-5-12(16)6-8-14/h5-8,13H,2-4,9-11H2,1H3,(H,17,19). The van der Waals surface area contributed by atoms with Crippen molar-refractivity contribution < 1.29 is 22.3 Å². The van der Waals surface area contributed by atoms with Crippen LogP contribution in [0.25, 0.3) is 0 Å². The first-order valence-electron chi connectivity index (χ1n) is 7.57. The van der Waals surface area contributed by atoms with Crippen molar-refractivity contribution in [3.63, 3.8) is 0 Å². The third kappa shape index (κ3) is 4.73. The van der Waals surface area contributed by atoms with Gasteiger partial charge in [-0.1, -0.05) is 6.92 Å². The SMILES string of the molecule is CCN(CC(=O)NCC1CCCO1)S(=O)(=O)c1ccc(F)cc1. The summed E-state index contributed by atoms with van der Waals surface area (Å²) in [5, 5.41) is 2.69. The maximum Gasteiger partial charge on any atom is 0.243 e. The fraction of sp³-hybridized carbons (Fsp3) is 0.533. The van der Waals surface area contributed by atoms with Crippen LogP contribution in [0.4, 0.5) is 4.39 Å². The fourth-order valence-corrected chi connectivity index (χ4v) is 3.78. The lowest BCUT2D eigenvalue weighted by molar-refractivity contribution is -0.121. The van der Waals surface area contributed by atoms with Gasteiger partial charge in [0, 0.05) is 19.7 Å². The molecule has 1 atom stereocenters. The molecule has 0 aliphatic carbocycles. The van der Waals surface area contributed by atoms with Gasteiger partial charge in [-0.3, -0.25) is 4.79 Å². The number of ether oxygens (including phenoxy) is 1. The van der Waals surface area contributed by atoms with Crippen LogP contribution in [0.3, 0.4) is 0 Å². The quantitative estimate of drug-likeness (QED) is 0.805. The van der Waals surface area contributed by atoms with Gasteiger partial charge in [0.15, 0.2) is 0 Å². The first-order valence-corrected chi connectivity index (χ1v) is 9.01. The Balaban J connectivity index is 1.97. The van der Waals surface area contributed by atoms with E-state index in [1.807, 2.05) is 0 Å². The second-order valence-corrected chi connectivity index (χ2v) is 7.26. The molecule has 1 aromatic rings. The predicted octanol–water partition coefficient (Wildman–Crippen LogP) is 1.13. The largest absolute Gasteiger partial charge is 0.376 e. The molecule has 0 aromatic heterocycles. The highest BCUT2D eigenvalue weighted by Gasteiger charge is 2.25. The molecule has 1 aliphatic heterocycles. The zero-order valence-corrected chi connectivity index (χ0v) is 13.8. The number of sulfonamides is 1. The summed E-state index contributed by atoms with van der Waals surface area (Å²) in [6.45, 7) is 2.60. The summed E-state index contributed by atoms with van der Waals surface area (Å²) in [5.41, 5.74) is 0. The van der Waals surface area contributed by atoms with Gasteiger partial charge >= 0.3 is 0 Å². The minimum atomic E-state index is -3.83. The smallest absolute Gasteiger partial charge is 0.243 e. The maximum atomic E-state index is 12.9. The van der Waals surface area contributed by atoms with Crippen molar-refractivity contribution in [2.24, 2.45) is 0 Å². The van der Waals surface area contributed by atoms with E-state index < -0.39 is 15.8 Å². The van der Waals surface area contributed by atoms with Crippen LogP contribution in [-0.4, -0.2) is 51.0 Å². The van der Waals surface area contributed by atoms with E-state index in [2.05, 4.69) is 5.32 Å². The number of rotatable bonds is 7. The van der Waals surface area contributed by atoms with E-state index >= 15 is 0 Å². The molecular formula is C15H21FN2O4S. The van der Waals surface area contributed by atoms with Crippen molar-refractivity contribution in [2.75, 3.05) is 26.2 Å². The number of halogens is 1. The van der Waals surface area contributed by atoms with Crippen LogP contribution in [0.2, 0.25) is 0 Å². The third-order valence-corrected chi connectivity index (χ3v) is 5.61. The second-order valence-electron chi connectivity index (χ2n) is 5.32. The van der Waals surface area contributed by atoms with Crippen molar-refractivity contribution in [3.8, 4) is 0 Å². The molecule has 1 heterocycles. The average molecular weight is 344 g/mol. The fourth-order valence-electron chi connectivity index (χ4n) is 2.37. The lowest BCUT2D eigenvalue weighted by atomic mass is 10.2. The zero-order valence-electron chi connectivity index (χ0n) is 13.0. The molecule has 128 valence electrons. The van der Waals surface area contributed by atoms with Gasteiger partial charge in [-0.2, -0.15) is 4.31 Å². The number of nitrogens with zero attached hydrogens (tertiary/aromatic N) is 1. The number of carbonyl (C=O) groups is 1. The van der Waals surface area contributed by atoms with E-state index in [4.69, 9.17) is 4.74 Å². The Labute approximate surface area is 135 Å². The van der Waals surface area contributed by atoms with Crippen molar-refractivity contribution >= 4 is 15.9 Å². The number of hydrogen-bond donors (Lipinski definition) is 1. The van der Waals surface area contributed by atoms with Gasteiger partial charge in [-0.25, -0.2) is 12.8 Å². The van der Waals surface area contributed by atoms with Crippen LogP contribution in [0.5, 0.6) is 0 Å². The van der Waals surface area contributed by atoms with Crippen LogP contribution < -0.4 is 5.32 Å². The summed E-state index contributed by atoms with van der Waals surface area (Å²) < 4.78 is 44.3. The molecule has 0 saturated carbocycles. The van der Waals surface area contributed by atoms with E-state index in [1.165, 1.54) is 12.1 Å². The number of likely N-dealkylation sites (N-methyl/N-ethyl adjacent to an activating group) is 1. The number of carbonyl (C=O) groups excluding carboxylic acids is 1. The van der Waals surface area contributed by atoms with Gasteiger partial charge in [0.1, 0.15) is 5.82 Å². The normalized spacial score (nSPS) is 18.3. The average Bonchev–Trinajstić information content (AvgIpc) is 3.04. The predicted molar refractivity (Wildman–Crippen MR) is 82.8 cm³/mol. The molecule has 1 fully saturated rings. The molecule has 1 saturated heterocycles. The highest BCUT2D eigenvalue weighted by atomic mass is 32.2. The molecular weight excluding hydrogens is 323 g/mol. The number of nitrogens with one attached hydrogen (secondary N) is 1. The minimum absolute atomic E-state index is 0.00253. The Morgan fingerprint density at radius 3 is 2.65 bits per heavy atom. The minimum Gasteiger partial charge on any atom is -0.376 e. The molecule has 0 spiro atoms. The first-order chi connectivity index (χ1) is 10.9. The topological polar surface area (TPSA) is 75.7 Å². The number of hydrogen-bond acceptors (Lipinski definition) is 4. The van der Waals surface area contributed by atoms with Crippen LogP contribution in [-0.2, 0) is 19.6 Å². The van der Waals surface area contributed by atoms with Gasteiger partial charge in [-0.05, 0) is 37.1 Å². The first kappa shape index (κ1) is 17.8. The zero-order chi connectivity index (χ0) is 16.9. The molecule has 1 unspecified atom stereocenters. The molecule has 23 heavy (non-hydrogen) atoms. The van der Waals surface area contributed by atoms with Crippen LogP contribution >= 0.6 is 0 Å². The van der Waals surface area contributed by atoms with Gasteiger partial charge in [0.25, 0.3) is 0 Å². The van der Waals surface area contributed by atoms with Crippen LogP contribution in [0.1, 0.15) is 19.8 Å². The monoisotopic (exact) mass is 344 g/mol. The summed E-state index contributed by atoms with van der Waals surface area (Å²) in [5.74, 6) is -0.894. The Morgan fingerprint density at radius 2 is 2.09 bits per heavy atom. The van der Waals surface area contributed by atoms with E-state index in [-0.39, 0.29) is 30.0 Å². The lowest BCUT2D eigenvalue weighted by Crippen LogP contribution is -2.42. The molecule has 1 amide bonds. The Bertz CT molecular complexity index is 627. The van der Waals surface area contributed by atoms with Crippen LogP contribution in [0.15, 0.2) is 29.2 Å². The molecule has 0 bridgehead atoms. The van der Waals surface area contributed by atoms with Gasteiger partial charge < -0.3 is 10.1 Å².